The number of rotatable bonds is 4. The van der Waals surface area contributed by atoms with Gasteiger partial charge in [-0.1, -0.05) is 24.3 Å². The molecule has 0 spiro atoms. The van der Waals surface area contributed by atoms with Crippen LogP contribution in [0.25, 0.3) is 10.9 Å². The van der Waals surface area contributed by atoms with Crippen LogP contribution >= 0.6 is 0 Å². The predicted molar refractivity (Wildman–Crippen MR) is 93.9 cm³/mol. The lowest BCUT2D eigenvalue weighted by atomic mass is 10.0. The van der Waals surface area contributed by atoms with E-state index in [1.54, 1.807) is 6.33 Å². The molecule has 3 heterocycles. The van der Waals surface area contributed by atoms with Gasteiger partial charge in [0, 0.05) is 41.8 Å². The van der Waals surface area contributed by atoms with Gasteiger partial charge in [-0.05, 0) is 13.0 Å². The van der Waals surface area contributed by atoms with Crippen LogP contribution in [0.4, 0.5) is 0 Å². The van der Waals surface area contributed by atoms with Gasteiger partial charge < -0.3 is 14.5 Å². The van der Waals surface area contributed by atoms with Crippen molar-refractivity contribution in [1.29, 1.82) is 0 Å². The van der Waals surface area contributed by atoms with Crippen molar-refractivity contribution >= 4 is 16.8 Å². The molecule has 1 N–H and O–H groups in total. The smallest absolute Gasteiger partial charge is 0.256 e. The normalized spacial score (nSPS) is 14.2. The molecule has 122 valence electrons. The van der Waals surface area contributed by atoms with Gasteiger partial charge in [-0.25, -0.2) is 4.98 Å². The first kappa shape index (κ1) is 14.8. The molecule has 0 fully saturated rings. The van der Waals surface area contributed by atoms with E-state index < -0.39 is 0 Å². The summed E-state index contributed by atoms with van der Waals surface area (Å²) in [7, 11) is 0. The number of nitrogens with zero attached hydrogens (tertiary/aromatic N) is 3. The molecule has 0 aliphatic carbocycles. The highest BCUT2D eigenvalue weighted by Crippen LogP contribution is 2.31. The molecule has 0 radical (unpaired) electrons. The summed E-state index contributed by atoms with van der Waals surface area (Å²) in [5, 5.41) is 1.03. The van der Waals surface area contributed by atoms with Gasteiger partial charge in [0.1, 0.15) is 0 Å². The number of carbonyl (C=O) groups excluding carboxylic acids is 1. The molecule has 2 aromatic heterocycles. The standard InChI is InChI=1S/C19H20N4O/c1-3-9-23-16-7-5-4-6-14(16)18-17(23)8-10-22(19(18)24)11-15-13(2)20-12-21-15/h3-7,12H,1,8-11H2,2H3,(H,20,21). The second kappa shape index (κ2) is 5.67. The maximum absolute atomic E-state index is 13.1. The molecular formula is C19H20N4O. The number of fused-ring (bicyclic) bond motifs is 3. The monoisotopic (exact) mass is 320 g/mol. The zero-order valence-corrected chi connectivity index (χ0v) is 13.7. The van der Waals surface area contributed by atoms with Crippen molar-refractivity contribution in [2.45, 2.75) is 26.4 Å². The Labute approximate surface area is 140 Å². The summed E-state index contributed by atoms with van der Waals surface area (Å²) < 4.78 is 2.21. The van der Waals surface area contributed by atoms with E-state index in [9.17, 15) is 4.79 Å². The minimum atomic E-state index is 0.0951. The summed E-state index contributed by atoms with van der Waals surface area (Å²) in [4.78, 5) is 22.4. The van der Waals surface area contributed by atoms with Crippen molar-refractivity contribution in [2.75, 3.05) is 6.54 Å². The Balaban J connectivity index is 1.78. The number of H-pyrrole nitrogens is 1. The Morgan fingerprint density at radius 2 is 2.21 bits per heavy atom. The van der Waals surface area contributed by atoms with Crippen LogP contribution in [0.15, 0.2) is 43.2 Å². The number of hydrogen-bond donors (Lipinski definition) is 1. The third-order valence-corrected chi connectivity index (χ3v) is 4.78. The number of para-hydroxylation sites is 1. The van der Waals surface area contributed by atoms with E-state index in [0.29, 0.717) is 13.1 Å². The first-order valence-electron chi connectivity index (χ1n) is 8.20. The zero-order valence-electron chi connectivity index (χ0n) is 13.7. The summed E-state index contributed by atoms with van der Waals surface area (Å²) in [6.45, 7) is 7.83. The number of imidazole rings is 1. The van der Waals surface area contributed by atoms with Crippen molar-refractivity contribution < 1.29 is 4.79 Å². The Bertz CT molecular complexity index is 934. The average molecular weight is 320 g/mol. The van der Waals surface area contributed by atoms with Crippen molar-refractivity contribution in [1.82, 2.24) is 19.4 Å². The maximum Gasteiger partial charge on any atom is 0.256 e. The van der Waals surface area contributed by atoms with E-state index in [-0.39, 0.29) is 5.91 Å². The van der Waals surface area contributed by atoms with Crippen molar-refractivity contribution in [2.24, 2.45) is 0 Å². The van der Waals surface area contributed by atoms with Crippen molar-refractivity contribution in [3.05, 3.63) is 65.9 Å². The van der Waals surface area contributed by atoms with Crippen LogP contribution in [0.3, 0.4) is 0 Å². The second-order valence-electron chi connectivity index (χ2n) is 6.19. The molecule has 5 heteroatoms. The van der Waals surface area contributed by atoms with Crippen LogP contribution in [0.5, 0.6) is 0 Å². The number of hydrogen-bond acceptors (Lipinski definition) is 2. The summed E-state index contributed by atoms with van der Waals surface area (Å²) >= 11 is 0. The Morgan fingerprint density at radius 3 is 2.96 bits per heavy atom. The van der Waals surface area contributed by atoms with Crippen LogP contribution in [0.2, 0.25) is 0 Å². The Kier molecular flexibility index (Phi) is 3.49. The van der Waals surface area contributed by atoms with Crippen LogP contribution < -0.4 is 0 Å². The van der Waals surface area contributed by atoms with E-state index in [1.807, 2.05) is 36.1 Å². The third kappa shape index (κ3) is 2.16. The van der Waals surface area contributed by atoms with Crippen LogP contribution in [-0.4, -0.2) is 31.9 Å². The molecule has 0 unspecified atom stereocenters. The van der Waals surface area contributed by atoms with Gasteiger partial charge in [0.25, 0.3) is 5.91 Å². The molecule has 3 aromatic rings. The fraction of sp³-hybridized carbons (Fsp3) is 0.263. The first-order chi connectivity index (χ1) is 11.7. The molecule has 4 rings (SSSR count). The zero-order chi connectivity index (χ0) is 16.7. The quantitative estimate of drug-likeness (QED) is 0.751. The highest BCUT2D eigenvalue weighted by Gasteiger charge is 2.30. The lowest BCUT2D eigenvalue weighted by molar-refractivity contribution is 0.0725. The van der Waals surface area contributed by atoms with Gasteiger partial charge in [-0.15, -0.1) is 6.58 Å². The van der Waals surface area contributed by atoms with Gasteiger partial charge in [-0.2, -0.15) is 0 Å². The number of aryl methyl sites for hydroxylation is 1. The SMILES string of the molecule is C=CCn1c2c(c3ccccc31)C(=O)N(Cc1nc[nH]c1C)CC2. The van der Waals surface area contributed by atoms with Crippen LogP contribution in [0, 0.1) is 6.92 Å². The molecule has 1 aromatic carbocycles. The van der Waals surface area contributed by atoms with Gasteiger partial charge in [-0.3, -0.25) is 4.79 Å². The summed E-state index contributed by atoms with van der Waals surface area (Å²) in [6, 6.07) is 8.12. The van der Waals surface area contributed by atoms with E-state index >= 15 is 0 Å². The van der Waals surface area contributed by atoms with Gasteiger partial charge in [0.05, 0.1) is 24.1 Å². The Morgan fingerprint density at radius 1 is 1.38 bits per heavy atom. The molecule has 0 saturated carbocycles. The number of amides is 1. The molecule has 1 aliphatic heterocycles. The van der Waals surface area contributed by atoms with Crippen LogP contribution in [-0.2, 0) is 19.5 Å². The van der Waals surface area contributed by atoms with Gasteiger partial charge in [0.15, 0.2) is 0 Å². The summed E-state index contributed by atoms with van der Waals surface area (Å²) in [5.74, 6) is 0.0951. The third-order valence-electron chi connectivity index (χ3n) is 4.78. The highest BCUT2D eigenvalue weighted by molar-refractivity contribution is 6.09. The molecule has 1 amide bonds. The molecule has 0 atom stereocenters. The molecule has 0 bridgehead atoms. The largest absolute Gasteiger partial charge is 0.348 e. The molecular weight excluding hydrogens is 300 g/mol. The number of allylic oxidation sites excluding steroid dienone is 1. The minimum Gasteiger partial charge on any atom is -0.348 e. The number of aromatic nitrogens is 3. The van der Waals surface area contributed by atoms with Gasteiger partial charge >= 0.3 is 0 Å². The first-order valence-corrected chi connectivity index (χ1v) is 8.20. The summed E-state index contributed by atoms with van der Waals surface area (Å²) in [6.07, 6.45) is 4.42. The Hall–Kier alpha value is -2.82. The van der Waals surface area contributed by atoms with Gasteiger partial charge in [0.2, 0.25) is 0 Å². The molecule has 24 heavy (non-hydrogen) atoms. The number of nitrogens with one attached hydrogen (secondary N) is 1. The molecule has 5 nitrogen and oxygen atoms in total. The second-order valence-corrected chi connectivity index (χ2v) is 6.19. The van der Waals surface area contributed by atoms with Crippen LogP contribution in [0.1, 0.15) is 27.4 Å². The lowest BCUT2D eigenvalue weighted by Crippen LogP contribution is -2.37. The molecule has 1 aliphatic rings. The minimum absolute atomic E-state index is 0.0951. The predicted octanol–water partition coefficient (Wildman–Crippen LogP) is 3.06. The lowest BCUT2D eigenvalue weighted by Gasteiger charge is -2.27. The van der Waals surface area contributed by atoms with E-state index in [4.69, 9.17) is 0 Å². The number of carbonyl (C=O) groups is 1. The van der Waals surface area contributed by atoms with E-state index in [2.05, 4.69) is 27.2 Å². The van der Waals surface area contributed by atoms with E-state index in [0.717, 1.165) is 46.5 Å². The number of benzene rings is 1. The maximum atomic E-state index is 13.1. The topological polar surface area (TPSA) is 53.9 Å². The fourth-order valence-electron chi connectivity index (χ4n) is 3.57. The van der Waals surface area contributed by atoms with Crippen molar-refractivity contribution in [3.63, 3.8) is 0 Å². The number of aromatic amines is 1. The van der Waals surface area contributed by atoms with Crippen molar-refractivity contribution in [3.8, 4) is 0 Å². The summed E-state index contributed by atoms with van der Waals surface area (Å²) in [5.41, 5.74) is 5.01. The highest BCUT2D eigenvalue weighted by atomic mass is 16.2. The fourth-order valence-corrected chi connectivity index (χ4v) is 3.57. The average Bonchev–Trinajstić information content (AvgIpc) is 3.13. The van der Waals surface area contributed by atoms with E-state index in [1.165, 1.54) is 0 Å². The molecule has 0 saturated heterocycles.